The quantitative estimate of drug-likeness (QED) is 0.865. The fourth-order valence-electron chi connectivity index (χ4n) is 4.36. The highest BCUT2D eigenvalue weighted by atomic mass is 16.2. The van der Waals surface area contributed by atoms with E-state index in [-0.39, 0.29) is 11.8 Å². The van der Waals surface area contributed by atoms with Crippen LogP contribution >= 0.6 is 0 Å². The van der Waals surface area contributed by atoms with Gasteiger partial charge in [-0.3, -0.25) is 9.59 Å². The molecule has 1 heterocycles. The molecule has 148 valence electrons. The van der Waals surface area contributed by atoms with E-state index >= 15 is 0 Å². The zero-order valence-corrected chi connectivity index (χ0v) is 16.5. The number of nitrogens with two attached hydrogens (primary N) is 1. The number of carbonyl (C=O) groups is 2. The number of benzene rings is 1. The molecule has 1 aliphatic carbocycles. The van der Waals surface area contributed by atoms with E-state index in [0.29, 0.717) is 32.6 Å². The van der Waals surface area contributed by atoms with Crippen LogP contribution in [-0.2, 0) is 15.1 Å². The minimum Gasteiger partial charge on any atom is -0.339 e. The van der Waals surface area contributed by atoms with Crippen molar-refractivity contribution in [1.82, 2.24) is 9.80 Å². The SMILES string of the molecule is CC(N)(C(=O)N1CCN(C(=O)CCC2CCCCC2)CC1)c1ccccc1. The smallest absolute Gasteiger partial charge is 0.247 e. The van der Waals surface area contributed by atoms with E-state index in [9.17, 15) is 9.59 Å². The Labute approximate surface area is 162 Å². The van der Waals surface area contributed by atoms with Crippen molar-refractivity contribution < 1.29 is 9.59 Å². The molecule has 1 aromatic rings. The molecule has 1 saturated carbocycles. The minimum atomic E-state index is -1.03. The van der Waals surface area contributed by atoms with Gasteiger partial charge in [0.1, 0.15) is 5.54 Å². The maximum absolute atomic E-state index is 12.9. The van der Waals surface area contributed by atoms with Crippen LogP contribution in [-0.4, -0.2) is 47.8 Å². The van der Waals surface area contributed by atoms with Crippen LogP contribution in [0.15, 0.2) is 30.3 Å². The summed E-state index contributed by atoms with van der Waals surface area (Å²) in [4.78, 5) is 29.2. The summed E-state index contributed by atoms with van der Waals surface area (Å²) in [6, 6.07) is 9.50. The van der Waals surface area contributed by atoms with Gasteiger partial charge in [0.25, 0.3) is 0 Å². The van der Waals surface area contributed by atoms with Crippen LogP contribution < -0.4 is 5.73 Å². The van der Waals surface area contributed by atoms with Gasteiger partial charge >= 0.3 is 0 Å². The maximum Gasteiger partial charge on any atom is 0.247 e. The summed E-state index contributed by atoms with van der Waals surface area (Å²) >= 11 is 0. The molecule has 2 aliphatic rings. The molecule has 1 unspecified atom stereocenters. The zero-order chi connectivity index (χ0) is 19.3. The third kappa shape index (κ3) is 4.89. The van der Waals surface area contributed by atoms with Crippen LogP contribution in [0.3, 0.4) is 0 Å². The molecule has 5 heteroatoms. The number of rotatable bonds is 5. The van der Waals surface area contributed by atoms with Crippen molar-refractivity contribution in [2.24, 2.45) is 11.7 Å². The predicted octanol–water partition coefficient (Wildman–Crippen LogP) is 2.89. The van der Waals surface area contributed by atoms with Crippen LogP contribution in [0.25, 0.3) is 0 Å². The Balaban J connectivity index is 1.48. The van der Waals surface area contributed by atoms with Crippen LogP contribution in [0.4, 0.5) is 0 Å². The van der Waals surface area contributed by atoms with Crippen molar-refractivity contribution in [3.8, 4) is 0 Å². The van der Waals surface area contributed by atoms with Crippen LogP contribution in [0, 0.1) is 5.92 Å². The molecule has 3 rings (SSSR count). The Bertz CT molecular complexity index is 630. The number of nitrogens with zero attached hydrogens (tertiary/aromatic N) is 2. The zero-order valence-electron chi connectivity index (χ0n) is 16.5. The fourth-order valence-corrected chi connectivity index (χ4v) is 4.36. The molecule has 0 radical (unpaired) electrons. The molecule has 27 heavy (non-hydrogen) atoms. The highest BCUT2D eigenvalue weighted by Crippen LogP contribution is 2.27. The van der Waals surface area contributed by atoms with Gasteiger partial charge in [0, 0.05) is 32.6 Å². The topological polar surface area (TPSA) is 66.6 Å². The van der Waals surface area contributed by atoms with Gasteiger partial charge in [-0.25, -0.2) is 0 Å². The molecule has 1 saturated heterocycles. The first-order valence-corrected chi connectivity index (χ1v) is 10.4. The first kappa shape index (κ1) is 19.9. The number of piperazine rings is 1. The standard InChI is InChI=1S/C22H33N3O2/c1-22(23,19-10-6-3-7-11-19)21(27)25-16-14-24(15-17-25)20(26)13-12-18-8-4-2-5-9-18/h3,6-7,10-11,18H,2,4-5,8-9,12-17,23H2,1H3. The van der Waals surface area contributed by atoms with Crippen molar-refractivity contribution in [1.29, 1.82) is 0 Å². The predicted molar refractivity (Wildman–Crippen MR) is 107 cm³/mol. The number of hydrogen-bond donors (Lipinski definition) is 1. The summed E-state index contributed by atoms with van der Waals surface area (Å²) in [6.07, 6.45) is 8.22. The van der Waals surface area contributed by atoms with Gasteiger partial charge < -0.3 is 15.5 Å². The van der Waals surface area contributed by atoms with Gasteiger partial charge in [-0.05, 0) is 24.8 Å². The summed E-state index contributed by atoms with van der Waals surface area (Å²) in [5.74, 6) is 0.906. The molecule has 1 aliphatic heterocycles. The molecular weight excluding hydrogens is 338 g/mol. The lowest BCUT2D eigenvalue weighted by Gasteiger charge is -2.38. The second-order valence-corrected chi connectivity index (χ2v) is 8.28. The molecule has 5 nitrogen and oxygen atoms in total. The third-order valence-electron chi connectivity index (χ3n) is 6.23. The van der Waals surface area contributed by atoms with E-state index in [1.807, 2.05) is 35.2 Å². The first-order chi connectivity index (χ1) is 13.0. The van der Waals surface area contributed by atoms with Crippen molar-refractivity contribution >= 4 is 11.8 Å². The third-order valence-corrected chi connectivity index (χ3v) is 6.23. The monoisotopic (exact) mass is 371 g/mol. The van der Waals surface area contributed by atoms with E-state index in [0.717, 1.165) is 17.9 Å². The summed E-state index contributed by atoms with van der Waals surface area (Å²) in [6.45, 7) is 4.12. The molecule has 1 atom stereocenters. The summed E-state index contributed by atoms with van der Waals surface area (Å²) in [7, 11) is 0. The van der Waals surface area contributed by atoms with E-state index < -0.39 is 5.54 Å². The molecule has 2 N–H and O–H groups in total. The highest BCUT2D eigenvalue weighted by Gasteiger charge is 2.36. The molecule has 2 fully saturated rings. The fraction of sp³-hybridized carbons (Fsp3) is 0.636. The molecule has 0 aromatic heterocycles. The molecular formula is C22H33N3O2. The van der Waals surface area contributed by atoms with E-state index in [2.05, 4.69) is 0 Å². The van der Waals surface area contributed by atoms with Gasteiger partial charge in [-0.15, -0.1) is 0 Å². The largest absolute Gasteiger partial charge is 0.339 e. The Morgan fingerprint density at radius 3 is 2.22 bits per heavy atom. The lowest BCUT2D eigenvalue weighted by atomic mass is 9.86. The minimum absolute atomic E-state index is 0.0667. The van der Waals surface area contributed by atoms with Crippen LogP contribution in [0.2, 0.25) is 0 Å². The molecule has 2 amide bonds. The Kier molecular flexibility index (Phi) is 6.53. The van der Waals surface area contributed by atoms with Crippen molar-refractivity contribution in [3.05, 3.63) is 35.9 Å². The van der Waals surface area contributed by atoms with E-state index in [1.165, 1.54) is 32.1 Å². The van der Waals surface area contributed by atoms with Crippen LogP contribution in [0.1, 0.15) is 57.4 Å². The number of hydrogen-bond acceptors (Lipinski definition) is 3. The lowest BCUT2D eigenvalue weighted by molar-refractivity contribution is -0.143. The van der Waals surface area contributed by atoms with E-state index in [4.69, 9.17) is 5.73 Å². The van der Waals surface area contributed by atoms with Gasteiger partial charge in [-0.1, -0.05) is 62.4 Å². The Morgan fingerprint density at radius 2 is 1.59 bits per heavy atom. The maximum atomic E-state index is 12.9. The summed E-state index contributed by atoms with van der Waals surface area (Å²) in [5.41, 5.74) is 6.15. The second kappa shape index (κ2) is 8.87. The highest BCUT2D eigenvalue weighted by molar-refractivity contribution is 5.87. The Morgan fingerprint density at radius 1 is 1.00 bits per heavy atom. The Hall–Kier alpha value is -1.88. The van der Waals surface area contributed by atoms with Crippen molar-refractivity contribution in [2.45, 2.75) is 57.4 Å². The van der Waals surface area contributed by atoms with Crippen molar-refractivity contribution in [3.63, 3.8) is 0 Å². The van der Waals surface area contributed by atoms with E-state index in [1.54, 1.807) is 11.8 Å². The first-order valence-electron chi connectivity index (χ1n) is 10.4. The summed E-state index contributed by atoms with van der Waals surface area (Å²) in [5, 5.41) is 0. The van der Waals surface area contributed by atoms with Crippen molar-refractivity contribution in [2.75, 3.05) is 26.2 Å². The number of amides is 2. The van der Waals surface area contributed by atoms with Gasteiger partial charge in [0.2, 0.25) is 11.8 Å². The average Bonchev–Trinajstić information content (AvgIpc) is 2.73. The molecule has 0 spiro atoms. The normalized spacial score (nSPS) is 21.0. The van der Waals surface area contributed by atoms with Gasteiger partial charge in [0.05, 0.1) is 0 Å². The average molecular weight is 372 g/mol. The van der Waals surface area contributed by atoms with Crippen LogP contribution in [0.5, 0.6) is 0 Å². The molecule has 0 bridgehead atoms. The summed E-state index contributed by atoms with van der Waals surface area (Å²) < 4.78 is 0. The second-order valence-electron chi connectivity index (χ2n) is 8.28. The van der Waals surface area contributed by atoms with Gasteiger partial charge in [0.15, 0.2) is 0 Å². The lowest BCUT2D eigenvalue weighted by Crippen LogP contribution is -2.57. The van der Waals surface area contributed by atoms with Gasteiger partial charge in [-0.2, -0.15) is 0 Å². The molecule has 1 aromatic carbocycles. The number of carbonyl (C=O) groups excluding carboxylic acids is 2.